The molecular weight excluding hydrogens is 290 g/mol. The molecule has 1 atom stereocenters. The summed E-state index contributed by atoms with van der Waals surface area (Å²) in [6.45, 7) is 6.67. The standard InChI is InChI=1S/C15H21NO4S/c1-15(2,3)20-14(18)16-7-6-11(9-16)19-10-12(17)13-5-4-8-21-13/h4-5,8,11H,6-7,9-10H2,1-3H3/t11-/m0/s1. The lowest BCUT2D eigenvalue weighted by atomic mass is 10.2. The number of carbonyl (C=O) groups is 2. The largest absolute Gasteiger partial charge is 0.444 e. The van der Waals surface area contributed by atoms with Gasteiger partial charge in [0.15, 0.2) is 5.78 Å². The summed E-state index contributed by atoms with van der Waals surface area (Å²) in [5, 5.41) is 1.87. The van der Waals surface area contributed by atoms with Gasteiger partial charge in [0.05, 0.1) is 17.5 Å². The van der Waals surface area contributed by atoms with Crippen LogP contribution in [0.1, 0.15) is 36.9 Å². The molecule has 0 unspecified atom stereocenters. The van der Waals surface area contributed by atoms with E-state index in [1.54, 1.807) is 11.0 Å². The lowest BCUT2D eigenvalue weighted by molar-refractivity contribution is 0.0218. The molecule has 6 heteroatoms. The highest BCUT2D eigenvalue weighted by molar-refractivity contribution is 7.12. The van der Waals surface area contributed by atoms with Crippen molar-refractivity contribution in [3.63, 3.8) is 0 Å². The van der Waals surface area contributed by atoms with Gasteiger partial charge in [-0.15, -0.1) is 11.3 Å². The van der Waals surface area contributed by atoms with Crippen LogP contribution in [0.4, 0.5) is 4.79 Å². The molecule has 2 rings (SSSR count). The van der Waals surface area contributed by atoms with Crippen LogP contribution in [0.15, 0.2) is 17.5 Å². The van der Waals surface area contributed by atoms with Crippen LogP contribution in [0.2, 0.25) is 0 Å². The Morgan fingerprint density at radius 1 is 1.43 bits per heavy atom. The number of nitrogens with zero attached hydrogens (tertiary/aromatic N) is 1. The average Bonchev–Trinajstić information content (AvgIpc) is 3.05. The Kier molecular flexibility index (Phi) is 5.00. The number of Topliss-reactive ketones (excluding diaryl/α,β-unsaturated/α-hetero) is 1. The summed E-state index contributed by atoms with van der Waals surface area (Å²) in [5.74, 6) is -0.0132. The first-order valence-corrected chi connectivity index (χ1v) is 7.89. The van der Waals surface area contributed by atoms with E-state index >= 15 is 0 Å². The van der Waals surface area contributed by atoms with Gasteiger partial charge in [-0.3, -0.25) is 4.79 Å². The second kappa shape index (κ2) is 6.58. The molecule has 0 bridgehead atoms. The van der Waals surface area contributed by atoms with Crippen LogP contribution in [0.3, 0.4) is 0 Å². The lowest BCUT2D eigenvalue weighted by Gasteiger charge is -2.24. The molecule has 0 aromatic carbocycles. The van der Waals surface area contributed by atoms with Gasteiger partial charge in [0.25, 0.3) is 0 Å². The van der Waals surface area contributed by atoms with E-state index in [0.29, 0.717) is 18.0 Å². The summed E-state index contributed by atoms with van der Waals surface area (Å²) in [6, 6.07) is 3.63. The van der Waals surface area contributed by atoms with Gasteiger partial charge in [0.1, 0.15) is 12.2 Å². The number of ether oxygens (including phenoxy) is 2. The molecule has 0 aliphatic carbocycles. The van der Waals surface area contributed by atoms with Crippen LogP contribution < -0.4 is 0 Å². The highest BCUT2D eigenvalue weighted by Gasteiger charge is 2.30. The van der Waals surface area contributed by atoms with Gasteiger partial charge in [-0.05, 0) is 38.6 Å². The zero-order chi connectivity index (χ0) is 15.5. The Labute approximate surface area is 128 Å². The number of likely N-dealkylation sites (tertiary alicyclic amines) is 1. The zero-order valence-corrected chi connectivity index (χ0v) is 13.4. The number of thiophene rings is 1. The van der Waals surface area contributed by atoms with Crippen molar-refractivity contribution in [1.29, 1.82) is 0 Å². The fourth-order valence-electron chi connectivity index (χ4n) is 2.06. The maximum absolute atomic E-state index is 11.9. The molecule has 1 aromatic heterocycles. The van der Waals surface area contributed by atoms with Crippen molar-refractivity contribution in [1.82, 2.24) is 4.90 Å². The molecule has 21 heavy (non-hydrogen) atoms. The third-order valence-corrected chi connectivity index (χ3v) is 3.95. The van der Waals surface area contributed by atoms with Crippen molar-refractivity contribution >= 4 is 23.2 Å². The summed E-state index contributed by atoms with van der Waals surface area (Å²) in [7, 11) is 0. The van der Waals surface area contributed by atoms with E-state index in [0.717, 1.165) is 6.42 Å². The first-order chi connectivity index (χ1) is 9.85. The molecule has 1 amide bonds. The Bertz CT molecular complexity index is 492. The number of rotatable bonds is 4. The maximum Gasteiger partial charge on any atom is 0.410 e. The van der Waals surface area contributed by atoms with Crippen molar-refractivity contribution in [2.75, 3.05) is 19.7 Å². The molecule has 0 radical (unpaired) electrons. The Morgan fingerprint density at radius 2 is 2.19 bits per heavy atom. The third-order valence-electron chi connectivity index (χ3n) is 3.04. The van der Waals surface area contributed by atoms with E-state index in [9.17, 15) is 9.59 Å². The quantitative estimate of drug-likeness (QED) is 0.802. The van der Waals surface area contributed by atoms with E-state index in [1.807, 2.05) is 32.2 Å². The molecule has 0 spiro atoms. The van der Waals surface area contributed by atoms with Crippen LogP contribution in [0.25, 0.3) is 0 Å². The Hall–Kier alpha value is -1.40. The molecule has 5 nitrogen and oxygen atoms in total. The van der Waals surface area contributed by atoms with Gasteiger partial charge in [0, 0.05) is 6.54 Å². The van der Waals surface area contributed by atoms with E-state index in [4.69, 9.17) is 9.47 Å². The summed E-state index contributed by atoms with van der Waals surface area (Å²) in [4.78, 5) is 26.1. The minimum Gasteiger partial charge on any atom is -0.444 e. The van der Waals surface area contributed by atoms with Gasteiger partial charge < -0.3 is 14.4 Å². The normalized spacial score (nSPS) is 18.8. The van der Waals surface area contributed by atoms with Gasteiger partial charge in [-0.1, -0.05) is 6.07 Å². The highest BCUT2D eigenvalue weighted by Crippen LogP contribution is 2.18. The molecular formula is C15H21NO4S. The molecule has 1 aliphatic rings. The van der Waals surface area contributed by atoms with Gasteiger partial charge in [0.2, 0.25) is 0 Å². The smallest absolute Gasteiger partial charge is 0.410 e. The first-order valence-electron chi connectivity index (χ1n) is 7.01. The molecule has 0 saturated carbocycles. The van der Waals surface area contributed by atoms with Crippen molar-refractivity contribution in [3.8, 4) is 0 Å². The molecule has 1 fully saturated rings. The fourth-order valence-corrected chi connectivity index (χ4v) is 2.71. The topological polar surface area (TPSA) is 55.8 Å². The number of ketones is 1. The van der Waals surface area contributed by atoms with E-state index in [1.165, 1.54) is 11.3 Å². The van der Waals surface area contributed by atoms with Crippen molar-refractivity contribution < 1.29 is 19.1 Å². The van der Waals surface area contributed by atoms with Gasteiger partial charge >= 0.3 is 6.09 Å². The summed E-state index contributed by atoms with van der Waals surface area (Å²) >= 11 is 1.41. The van der Waals surface area contributed by atoms with Crippen LogP contribution in [0, 0.1) is 0 Å². The Balaban J connectivity index is 1.75. The van der Waals surface area contributed by atoms with E-state index < -0.39 is 5.60 Å². The van der Waals surface area contributed by atoms with Crippen LogP contribution >= 0.6 is 11.3 Å². The Morgan fingerprint density at radius 3 is 2.81 bits per heavy atom. The predicted octanol–water partition coefficient (Wildman–Crippen LogP) is 2.96. The summed E-state index contributed by atoms with van der Waals surface area (Å²) in [5.41, 5.74) is -0.495. The average molecular weight is 311 g/mol. The van der Waals surface area contributed by atoms with E-state index in [2.05, 4.69) is 0 Å². The molecule has 1 aliphatic heterocycles. The highest BCUT2D eigenvalue weighted by atomic mass is 32.1. The minimum absolute atomic E-state index is 0.0132. The lowest BCUT2D eigenvalue weighted by Crippen LogP contribution is -2.36. The monoisotopic (exact) mass is 311 g/mol. The fraction of sp³-hybridized carbons (Fsp3) is 0.600. The SMILES string of the molecule is CC(C)(C)OC(=O)N1CC[C@H](OCC(=O)c2cccs2)C1. The summed E-state index contributed by atoms with van der Waals surface area (Å²) in [6.07, 6.45) is 0.316. The first kappa shape index (κ1) is 16.0. The maximum atomic E-state index is 11.9. The predicted molar refractivity (Wildman–Crippen MR) is 80.8 cm³/mol. The number of amides is 1. The molecule has 0 N–H and O–H groups in total. The van der Waals surface area contributed by atoms with Crippen molar-refractivity contribution in [2.24, 2.45) is 0 Å². The van der Waals surface area contributed by atoms with Gasteiger partial charge in [-0.2, -0.15) is 0 Å². The van der Waals surface area contributed by atoms with Crippen LogP contribution in [-0.4, -0.2) is 48.2 Å². The van der Waals surface area contributed by atoms with Crippen molar-refractivity contribution in [3.05, 3.63) is 22.4 Å². The molecule has 1 aromatic rings. The van der Waals surface area contributed by atoms with Crippen LogP contribution in [-0.2, 0) is 9.47 Å². The molecule has 2 heterocycles. The second-order valence-electron chi connectivity index (χ2n) is 6.05. The molecule has 116 valence electrons. The third kappa shape index (κ3) is 4.82. The number of hydrogen-bond acceptors (Lipinski definition) is 5. The number of hydrogen-bond donors (Lipinski definition) is 0. The second-order valence-corrected chi connectivity index (χ2v) is 7.00. The number of carbonyl (C=O) groups excluding carboxylic acids is 2. The van der Waals surface area contributed by atoms with Crippen LogP contribution in [0.5, 0.6) is 0 Å². The zero-order valence-electron chi connectivity index (χ0n) is 12.6. The van der Waals surface area contributed by atoms with Gasteiger partial charge in [-0.25, -0.2) is 4.79 Å². The van der Waals surface area contributed by atoms with E-state index in [-0.39, 0.29) is 24.6 Å². The molecule has 1 saturated heterocycles. The van der Waals surface area contributed by atoms with Crippen molar-refractivity contribution in [2.45, 2.75) is 38.9 Å². The minimum atomic E-state index is -0.495. The summed E-state index contributed by atoms with van der Waals surface area (Å²) < 4.78 is 10.9.